The molecule has 2 rings (SSSR count). The molecule has 1 aromatic carbocycles. The third-order valence-corrected chi connectivity index (χ3v) is 11.1. The summed E-state index contributed by atoms with van der Waals surface area (Å²) in [5.41, 5.74) is 17.9. The van der Waals surface area contributed by atoms with Crippen molar-refractivity contribution in [2.24, 2.45) is 11.0 Å². The van der Waals surface area contributed by atoms with Gasteiger partial charge in [-0.3, -0.25) is 9.59 Å². The molecule has 1 N–H and O–H groups in total. The first-order chi connectivity index (χ1) is 16.2. The molecule has 0 saturated carbocycles. The number of esters is 1. The normalized spacial score (nSPS) is 17.9. The molecule has 0 spiro atoms. The summed E-state index contributed by atoms with van der Waals surface area (Å²) >= 11 is 0. The zero-order valence-electron chi connectivity index (χ0n) is 19.9. The van der Waals surface area contributed by atoms with E-state index in [4.69, 9.17) is 14.7 Å². The maximum atomic E-state index is 12.7. The lowest BCUT2D eigenvalue weighted by atomic mass is 9.82. The Balaban J connectivity index is 1.98. The smallest absolute Gasteiger partial charge is 0.441 e. The highest BCUT2D eigenvalue weighted by Gasteiger charge is 2.48. The number of carbonyl (C=O) groups is 3. The molecule has 1 aromatic rings. The highest BCUT2D eigenvalue weighted by atomic mass is 28.4. The van der Waals surface area contributed by atoms with Gasteiger partial charge >= 0.3 is 11.7 Å². The first-order valence-corrected chi connectivity index (χ1v) is 13.8. The van der Waals surface area contributed by atoms with Crippen molar-refractivity contribution < 1.29 is 28.3 Å². The Bertz CT molecular complexity index is 1000. The van der Waals surface area contributed by atoms with Gasteiger partial charge in [0.1, 0.15) is 6.61 Å². The summed E-state index contributed by atoms with van der Waals surface area (Å²) in [6, 6.07) is 8.56. The molecule has 0 aliphatic carbocycles. The van der Waals surface area contributed by atoms with Crippen LogP contribution in [0.25, 0.3) is 16.0 Å². The number of amides is 1. The average molecular weight is 487 g/mol. The molecule has 1 aliphatic rings. The van der Waals surface area contributed by atoms with Crippen molar-refractivity contribution in [3.63, 3.8) is 0 Å². The lowest BCUT2D eigenvalue weighted by Crippen LogP contribution is -2.64. The average Bonchev–Trinajstić information content (AvgIpc) is 2.82. The molecular formula is C22H30N6O5Si. The van der Waals surface area contributed by atoms with E-state index >= 15 is 0 Å². The van der Waals surface area contributed by atoms with Gasteiger partial charge in [0.2, 0.25) is 5.91 Å². The van der Waals surface area contributed by atoms with E-state index in [0.717, 1.165) is 18.1 Å². The number of nitrogens with one attached hydrogen (secondary N) is 1. The van der Waals surface area contributed by atoms with Gasteiger partial charge in [0.05, 0.1) is 18.1 Å². The summed E-state index contributed by atoms with van der Waals surface area (Å²) < 4.78 is 11.5. The number of azide groups is 1. The number of nitrogens with zero attached hydrogens (tertiary/aromatic N) is 5. The third-order valence-electron chi connectivity index (χ3n) is 6.37. The standard InChI is InChI=1S/C22H30N6O5Si/c1-5-34(6-2,7-3)33-14(4)19-17(25-21(19)30)12-18(29)20(26-23)22(31)32-13-15-8-10-16(11-9-15)27-28-24/h8-11,14,17,19H,5-7,12-13H2,1-4H3,(H,25,30)/t14?,17-,19-/m1/s1. The van der Waals surface area contributed by atoms with E-state index in [1.165, 1.54) is 0 Å². The van der Waals surface area contributed by atoms with Crippen LogP contribution in [0.5, 0.6) is 0 Å². The molecule has 1 saturated heterocycles. The minimum Gasteiger partial charge on any atom is -0.452 e. The fourth-order valence-electron chi connectivity index (χ4n) is 4.08. The maximum absolute atomic E-state index is 12.7. The van der Waals surface area contributed by atoms with Gasteiger partial charge in [-0.2, -0.15) is 4.79 Å². The molecule has 1 heterocycles. The Morgan fingerprint density at radius 2 is 1.76 bits per heavy atom. The van der Waals surface area contributed by atoms with Crippen LogP contribution >= 0.6 is 0 Å². The van der Waals surface area contributed by atoms with Crippen LogP contribution < -0.4 is 5.32 Å². The number of Topliss-reactive ketones (excluding diaryl/α,β-unsaturated/α-hetero) is 1. The van der Waals surface area contributed by atoms with Crippen molar-refractivity contribution in [2.75, 3.05) is 0 Å². The molecule has 182 valence electrons. The molecule has 1 fully saturated rings. The summed E-state index contributed by atoms with van der Waals surface area (Å²) in [6.45, 7) is 7.95. The van der Waals surface area contributed by atoms with Gasteiger partial charge in [-0.1, -0.05) is 50.2 Å². The van der Waals surface area contributed by atoms with Crippen LogP contribution in [-0.2, 0) is 30.2 Å². The van der Waals surface area contributed by atoms with Crippen LogP contribution in [0.4, 0.5) is 5.69 Å². The van der Waals surface area contributed by atoms with Crippen molar-refractivity contribution in [1.29, 1.82) is 0 Å². The molecule has 1 amide bonds. The summed E-state index contributed by atoms with van der Waals surface area (Å²) in [6.07, 6.45) is -0.578. The second kappa shape index (κ2) is 12.2. The third kappa shape index (κ3) is 6.39. The first-order valence-electron chi connectivity index (χ1n) is 11.3. The number of rotatable bonds is 13. The molecule has 0 radical (unpaired) electrons. The van der Waals surface area contributed by atoms with Crippen LogP contribution in [0, 0.1) is 5.92 Å². The Morgan fingerprint density at radius 1 is 1.15 bits per heavy atom. The van der Waals surface area contributed by atoms with Crippen LogP contribution in [0.1, 0.15) is 39.7 Å². The molecule has 1 unspecified atom stereocenters. The lowest BCUT2D eigenvalue weighted by molar-refractivity contribution is -0.144. The van der Waals surface area contributed by atoms with E-state index in [1.807, 2.05) is 6.92 Å². The predicted molar refractivity (Wildman–Crippen MR) is 126 cm³/mol. The number of hydrogen-bond acceptors (Lipinski definition) is 6. The summed E-state index contributed by atoms with van der Waals surface area (Å²) in [5.74, 6) is -2.54. The number of hydrogen-bond donors (Lipinski definition) is 1. The zero-order valence-corrected chi connectivity index (χ0v) is 20.9. The largest absolute Gasteiger partial charge is 0.452 e. The highest BCUT2D eigenvalue weighted by Crippen LogP contribution is 2.30. The van der Waals surface area contributed by atoms with E-state index in [0.29, 0.717) is 11.3 Å². The topological polar surface area (TPSA) is 167 Å². The van der Waals surface area contributed by atoms with Crippen molar-refractivity contribution in [1.82, 2.24) is 5.32 Å². The van der Waals surface area contributed by atoms with Gasteiger partial charge in [0, 0.05) is 17.0 Å². The quantitative estimate of drug-likeness (QED) is 0.0652. The van der Waals surface area contributed by atoms with Gasteiger partial charge in [-0.25, -0.2) is 4.79 Å². The molecule has 0 bridgehead atoms. The van der Waals surface area contributed by atoms with Crippen LogP contribution in [-0.4, -0.2) is 48.6 Å². The van der Waals surface area contributed by atoms with Crippen molar-refractivity contribution in [2.45, 2.75) is 71.0 Å². The summed E-state index contributed by atoms with van der Waals surface area (Å²) in [5, 5.41) is 6.13. The van der Waals surface area contributed by atoms with Crippen molar-refractivity contribution in [3.05, 3.63) is 45.8 Å². The van der Waals surface area contributed by atoms with Crippen LogP contribution in [0.15, 0.2) is 29.4 Å². The number of ether oxygens (including phenoxy) is 1. The molecule has 11 nitrogen and oxygen atoms in total. The second-order valence-corrected chi connectivity index (χ2v) is 12.9. The van der Waals surface area contributed by atoms with Gasteiger partial charge in [-0.05, 0) is 36.2 Å². The molecule has 3 atom stereocenters. The minimum absolute atomic E-state index is 0.174. The molecule has 12 heteroatoms. The van der Waals surface area contributed by atoms with E-state index in [1.54, 1.807) is 24.3 Å². The summed E-state index contributed by atoms with van der Waals surface area (Å²) in [7, 11) is -1.95. The fraction of sp³-hybridized carbons (Fsp3) is 0.545. The Labute approximate surface area is 199 Å². The maximum Gasteiger partial charge on any atom is 0.441 e. The van der Waals surface area contributed by atoms with Crippen LogP contribution in [0.2, 0.25) is 18.1 Å². The second-order valence-electron chi connectivity index (χ2n) is 8.22. The molecular weight excluding hydrogens is 456 g/mol. The first kappa shape index (κ1) is 26.9. The number of ketones is 1. The van der Waals surface area contributed by atoms with E-state index in [2.05, 4.69) is 40.9 Å². The number of benzene rings is 1. The lowest BCUT2D eigenvalue weighted by Gasteiger charge is -2.43. The molecule has 0 aromatic heterocycles. The van der Waals surface area contributed by atoms with Crippen LogP contribution in [0.3, 0.4) is 0 Å². The number of carbonyl (C=O) groups excluding carboxylic acids is 3. The highest BCUT2D eigenvalue weighted by molar-refractivity contribution is 6.73. The predicted octanol–water partition coefficient (Wildman–Crippen LogP) is 3.83. The Morgan fingerprint density at radius 3 is 2.26 bits per heavy atom. The van der Waals surface area contributed by atoms with E-state index in [-0.39, 0.29) is 25.0 Å². The fourth-order valence-corrected chi connectivity index (χ4v) is 7.01. The van der Waals surface area contributed by atoms with Gasteiger partial charge in [0.15, 0.2) is 8.32 Å². The molecule has 34 heavy (non-hydrogen) atoms. The SMILES string of the molecule is CC[Si](CC)(CC)OC(C)[C@H]1C(=O)N[C@@H]1CC(=O)C(=[N+]=[N-])C(=O)OCc1ccc(N=[N+]=[N-])cc1. The summed E-state index contributed by atoms with van der Waals surface area (Å²) in [4.78, 5) is 42.7. The van der Waals surface area contributed by atoms with E-state index < -0.39 is 37.7 Å². The number of β-lactam (4-membered cyclic amide) rings is 1. The monoisotopic (exact) mass is 486 g/mol. The van der Waals surface area contributed by atoms with Crippen molar-refractivity contribution in [3.8, 4) is 0 Å². The van der Waals surface area contributed by atoms with Gasteiger partial charge in [0.25, 0.3) is 5.78 Å². The Kier molecular flexibility index (Phi) is 9.70. The Hall–Kier alpha value is -3.30. The van der Waals surface area contributed by atoms with Crippen molar-refractivity contribution >= 4 is 37.4 Å². The minimum atomic E-state index is -1.95. The van der Waals surface area contributed by atoms with E-state index in [9.17, 15) is 19.9 Å². The van der Waals surface area contributed by atoms with Gasteiger partial charge < -0.3 is 20.0 Å². The molecule has 1 aliphatic heterocycles. The zero-order chi connectivity index (χ0) is 25.3. The van der Waals surface area contributed by atoms with Gasteiger partial charge in [-0.15, -0.1) is 0 Å².